The Morgan fingerprint density at radius 3 is 2.41 bits per heavy atom. The van der Waals surface area contributed by atoms with Gasteiger partial charge in [0.1, 0.15) is 11.9 Å². The van der Waals surface area contributed by atoms with Gasteiger partial charge in [0.15, 0.2) is 0 Å². The normalized spacial score (nSPS) is 14.3. The third kappa shape index (κ3) is 4.78. The number of hydrogen-bond acceptors (Lipinski definition) is 6. The quantitative estimate of drug-likeness (QED) is 0.474. The maximum absolute atomic E-state index is 6.06. The molecule has 5 rings (SSSR count). The Morgan fingerprint density at radius 2 is 1.69 bits per heavy atom. The lowest BCUT2D eigenvalue weighted by molar-refractivity contribution is 0.0256. The highest BCUT2D eigenvalue weighted by molar-refractivity contribution is 5.67. The van der Waals surface area contributed by atoms with Crippen molar-refractivity contribution in [3.8, 4) is 28.1 Å². The maximum Gasteiger partial charge on any atom is 0.227 e. The molecule has 0 unspecified atom stereocenters. The Labute approximate surface area is 187 Å². The molecule has 1 N–H and O–H groups in total. The molecule has 4 aromatic rings. The van der Waals surface area contributed by atoms with Gasteiger partial charge in [-0.25, -0.2) is 9.97 Å². The lowest BCUT2D eigenvalue weighted by atomic mass is 10.1. The zero-order valence-electron chi connectivity index (χ0n) is 17.9. The Hall–Kier alpha value is -3.71. The highest BCUT2D eigenvalue weighted by Gasteiger charge is 2.15. The van der Waals surface area contributed by atoms with E-state index in [1.54, 1.807) is 10.9 Å². The fourth-order valence-corrected chi connectivity index (χ4v) is 3.72. The first-order chi connectivity index (χ1) is 15.7. The second-order valence-corrected chi connectivity index (χ2v) is 7.82. The van der Waals surface area contributed by atoms with E-state index in [0.29, 0.717) is 5.95 Å². The topological polar surface area (TPSA) is 74.1 Å². The number of nitrogens with one attached hydrogen (secondary N) is 1. The lowest BCUT2D eigenvalue weighted by Crippen LogP contribution is -2.25. The molecule has 32 heavy (non-hydrogen) atoms. The molecule has 7 heteroatoms. The largest absolute Gasteiger partial charge is 0.490 e. The molecule has 1 fully saturated rings. The van der Waals surface area contributed by atoms with Gasteiger partial charge in [0.2, 0.25) is 5.95 Å². The van der Waals surface area contributed by atoms with Crippen molar-refractivity contribution < 1.29 is 9.47 Å². The molecular formula is C25H25N5O2. The molecule has 3 heterocycles. The number of hydrogen-bond donors (Lipinski definition) is 1. The molecule has 2 aromatic carbocycles. The fraction of sp³-hybridized carbons (Fsp3) is 0.240. The Morgan fingerprint density at radius 1 is 0.938 bits per heavy atom. The summed E-state index contributed by atoms with van der Waals surface area (Å²) in [6, 6.07) is 18.1. The third-order valence-electron chi connectivity index (χ3n) is 5.46. The lowest BCUT2D eigenvalue weighted by Gasteiger charge is -2.23. The van der Waals surface area contributed by atoms with Gasteiger partial charge in [0, 0.05) is 49.1 Å². The second kappa shape index (κ2) is 9.20. The van der Waals surface area contributed by atoms with Crippen LogP contribution in [-0.2, 0) is 11.8 Å². The van der Waals surface area contributed by atoms with Crippen molar-refractivity contribution in [2.45, 2.75) is 18.9 Å². The van der Waals surface area contributed by atoms with E-state index in [0.717, 1.165) is 59.9 Å². The minimum atomic E-state index is 0.231. The summed E-state index contributed by atoms with van der Waals surface area (Å²) < 4.78 is 13.2. The Balaban J connectivity index is 1.26. The van der Waals surface area contributed by atoms with Crippen LogP contribution < -0.4 is 10.1 Å². The summed E-state index contributed by atoms with van der Waals surface area (Å²) in [4.78, 5) is 9.04. The van der Waals surface area contributed by atoms with Gasteiger partial charge in [-0.15, -0.1) is 0 Å². The molecule has 0 saturated carbocycles. The molecule has 0 radical (unpaired) electrons. The van der Waals surface area contributed by atoms with E-state index in [4.69, 9.17) is 9.47 Å². The molecule has 1 aliphatic rings. The highest BCUT2D eigenvalue weighted by atomic mass is 16.5. The summed E-state index contributed by atoms with van der Waals surface area (Å²) in [5.74, 6) is 1.43. The average molecular weight is 428 g/mol. The summed E-state index contributed by atoms with van der Waals surface area (Å²) in [7, 11) is 1.91. The Bertz CT molecular complexity index is 1170. The molecule has 0 aliphatic carbocycles. The molecule has 7 nitrogen and oxygen atoms in total. The monoisotopic (exact) mass is 427 g/mol. The SMILES string of the molecule is Cn1cc(-c2ccc(Nc3nccc(-c4ccc(OC5CCOCC5)cc4)n3)cc2)cn1. The van der Waals surface area contributed by atoms with Gasteiger partial charge in [0.25, 0.3) is 0 Å². The standard InChI is InChI=1S/C25H25N5O2/c1-30-17-20(16-27-30)18-2-6-21(7-3-18)28-25-26-13-10-24(29-25)19-4-8-22(9-5-19)32-23-11-14-31-15-12-23/h2-10,13,16-17,23H,11-12,14-15H2,1H3,(H,26,28,29). The van der Waals surface area contributed by atoms with Crippen LogP contribution in [0.3, 0.4) is 0 Å². The molecule has 1 aliphatic heterocycles. The average Bonchev–Trinajstić information content (AvgIpc) is 3.27. The molecule has 0 bridgehead atoms. The van der Waals surface area contributed by atoms with E-state index in [1.165, 1.54) is 0 Å². The van der Waals surface area contributed by atoms with E-state index in [9.17, 15) is 0 Å². The number of aromatic nitrogens is 4. The van der Waals surface area contributed by atoms with Crippen LogP contribution >= 0.6 is 0 Å². The van der Waals surface area contributed by atoms with Gasteiger partial charge in [-0.05, 0) is 48.0 Å². The zero-order chi connectivity index (χ0) is 21.8. The van der Waals surface area contributed by atoms with E-state index in [-0.39, 0.29) is 6.10 Å². The smallest absolute Gasteiger partial charge is 0.227 e. The number of benzene rings is 2. The van der Waals surface area contributed by atoms with Crippen LogP contribution in [0.4, 0.5) is 11.6 Å². The van der Waals surface area contributed by atoms with E-state index in [2.05, 4.69) is 32.5 Å². The van der Waals surface area contributed by atoms with Gasteiger partial charge in [-0.2, -0.15) is 5.10 Å². The number of aryl methyl sites for hydroxylation is 1. The van der Waals surface area contributed by atoms with Gasteiger partial charge >= 0.3 is 0 Å². The number of rotatable bonds is 6. The van der Waals surface area contributed by atoms with Crippen molar-refractivity contribution in [1.29, 1.82) is 0 Å². The van der Waals surface area contributed by atoms with Crippen LogP contribution in [-0.4, -0.2) is 39.1 Å². The third-order valence-corrected chi connectivity index (χ3v) is 5.46. The van der Waals surface area contributed by atoms with Crippen LogP contribution in [0.2, 0.25) is 0 Å². The first-order valence-corrected chi connectivity index (χ1v) is 10.8. The van der Waals surface area contributed by atoms with Crippen molar-refractivity contribution in [1.82, 2.24) is 19.7 Å². The molecule has 0 spiro atoms. The predicted octanol–water partition coefficient (Wildman–Crippen LogP) is 4.85. The van der Waals surface area contributed by atoms with Crippen molar-refractivity contribution in [2.24, 2.45) is 7.05 Å². The van der Waals surface area contributed by atoms with Crippen LogP contribution in [0.1, 0.15) is 12.8 Å². The Kier molecular flexibility index (Phi) is 5.81. The summed E-state index contributed by atoms with van der Waals surface area (Å²) in [6.45, 7) is 1.54. The highest BCUT2D eigenvalue weighted by Crippen LogP contribution is 2.25. The molecule has 1 saturated heterocycles. The minimum Gasteiger partial charge on any atom is -0.490 e. The second-order valence-electron chi connectivity index (χ2n) is 7.82. The first kappa shape index (κ1) is 20.2. The fourth-order valence-electron chi connectivity index (χ4n) is 3.72. The number of ether oxygens (including phenoxy) is 2. The van der Waals surface area contributed by atoms with E-state index < -0.39 is 0 Å². The maximum atomic E-state index is 6.06. The molecular weight excluding hydrogens is 402 g/mol. The van der Waals surface area contributed by atoms with Gasteiger partial charge in [-0.1, -0.05) is 12.1 Å². The first-order valence-electron chi connectivity index (χ1n) is 10.8. The van der Waals surface area contributed by atoms with Gasteiger partial charge in [0.05, 0.1) is 25.1 Å². The van der Waals surface area contributed by atoms with Crippen molar-refractivity contribution in [3.63, 3.8) is 0 Å². The van der Waals surface area contributed by atoms with Gasteiger partial charge in [-0.3, -0.25) is 4.68 Å². The van der Waals surface area contributed by atoms with Crippen LogP contribution in [0.5, 0.6) is 5.75 Å². The molecule has 0 amide bonds. The van der Waals surface area contributed by atoms with E-state index in [1.807, 2.05) is 61.9 Å². The predicted molar refractivity (Wildman–Crippen MR) is 124 cm³/mol. The van der Waals surface area contributed by atoms with Crippen LogP contribution in [0.15, 0.2) is 73.2 Å². The summed E-state index contributed by atoms with van der Waals surface area (Å²) in [6.07, 6.45) is 7.72. The van der Waals surface area contributed by atoms with E-state index >= 15 is 0 Å². The molecule has 0 atom stereocenters. The number of nitrogens with zero attached hydrogens (tertiary/aromatic N) is 4. The minimum absolute atomic E-state index is 0.231. The van der Waals surface area contributed by atoms with Crippen molar-refractivity contribution in [2.75, 3.05) is 18.5 Å². The van der Waals surface area contributed by atoms with Crippen molar-refractivity contribution in [3.05, 3.63) is 73.2 Å². The zero-order valence-corrected chi connectivity index (χ0v) is 17.9. The number of anilines is 2. The summed E-state index contributed by atoms with van der Waals surface area (Å²) >= 11 is 0. The van der Waals surface area contributed by atoms with Crippen LogP contribution in [0, 0.1) is 0 Å². The van der Waals surface area contributed by atoms with Gasteiger partial charge < -0.3 is 14.8 Å². The summed E-state index contributed by atoms with van der Waals surface area (Å²) in [5, 5.41) is 7.51. The molecule has 162 valence electrons. The summed E-state index contributed by atoms with van der Waals surface area (Å²) in [5.41, 5.74) is 4.99. The molecule has 2 aromatic heterocycles. The van der Waals surface area contributed by atoms with Crippen LogP contribution in [0.25, 0.3) is 22.4 Å². The van der Waals surface area contributed by atoms with Crippen molar-refractivity contribution >= 4 is 11.6 Å².